The summed E-state index contributed by atoms with van der Waals surface area (Å²) in [7, 11) is -0.437. The molecule has 0 spiro atoms. The molecule has 4 aliphatic heterocycles. The molecule has 6 bridgehead atoms. The van der Waals surface area contributed by atoms with E-state index < -0.39 is 7.12 Å². The lowest BCUT2D eigenvalue weighted by Crippen LogP contribution is -2.41. The third kappa shape index (κ3) is 16.3. The van der Waals surface area contributed by atoms with Crippen molar-refractivity contribution in [2.75, 3.05) is 52.9 Å². The molecule has 10 aromatic heterocycles. The minimum absolute atomic E-state index is 0.0296. The molecule has 1 saturated heterocycles. The van der Waals surface area contributed by atoms with Crippen LogP contribution in [0.25, 0.3) is 101 Å². The number of imidazole rings is 3. The first-order valence-corrected chi connectivity index (χ1v) is 41.7. The average Bonchev–Trinajstić information content (AvgIpc) is 1.57. The van der Waals surface area contributed by atoms with Crippen LogP contribution in [-0.4, -0.2) is 175 Å². The summed E-state index contributed by atoms with van der Waals surface area (Å²) in [6.45, 7) is 14.7. The van der Waals surface area contributed by atoms with Crippen LogP contribution in [0.3, 0.4) is 0 Å². The summed E-state index contributed by atoms with van der Waals surface area (Å²) in [5, 5.41) is 35.5. The second-order valence-electron chi connectivity index (χ2n) is 31.5. The molecular formula is C88H90BBr2N17O10. The van der Waals surface area contributed by atoms with Gasteiger partial charge in [-0.1, -0.05) is 52.3 Å². The number of benzene rings is 4. The molecule has 27 nitrogen and oxygen atoms in total. The molecule has 14 heterocycles. The van der Waals surface area contributed by atoms with Crippen LogP contribution in [0.2, 0.25) is 0 Å². The zero-order chi connectivity index (χ0) is 81.5. The van der Waals surface area contributed by atoms with E-state index in [-0.39, 0.29) is 64.1 Å². The summed E-state index contributed by atoms with van der Waals surface area (Å²) in [4.78, 5) is 64.5. The largest absolute Gasteiger partial charge is 0.494 e. The summed E-state index contributed by atoms with van der Waals surface area (Å²) in [5.74, 6) is 7.04. The summed E-state index contributed by atoms with van der Waals surface area (Å²) >= 11 is 7.09. The smallest absolute Gasteiger partial charge is 0.474 e. The number of aromatic nitrogens is 17. The molecule has 4 fully saturated rings. The summed E-state index contributed by atoms with van der Waals surface area (Å²) < 4.78 is 42.8. The first-order valence-electron chi connectivity index (χ1n) is 40.2. The summed E-state index contributed by atoms with van der Waals surface area (Å²) in [6.07, 6.45) is 17.4. The van der Waals surface area contributed by atoms with Gasteiger partial charge in [-0.05, 0) is 219 Å². The van der Waals surface area contributed by atoms with E-state index in [1.165, 1.54) is 75.3 Å². The second kappa shape index (κ2) is 34.0. The molecule has 0 amide bonds. The van der Waals surface area contributed by atoms with E-state index in [9.17, 15) is 0 Å². The molecular weight excluding hydrogens is 1630 g/mol. The normalized spacial score (nSPS) is 18.9. The Balaban J connectivity index is 0.000000108. The molecule has 14 aromatic rings. The van der Waals surface area contributed by atoms with Crippen LogP contribution in [0.1, 0.15) is 156 Å². The molecule has 4 aromatic carbocycles. The summed E-state index contributed by atoms with van der Waals surface area (Å²) in [5.41, 5.74) is 19.3. The first kappa shape index (κ1) is 79.8. The lowest BCUT2D eigenvalue weighted by Gasteiger charge is -2.32. The fraction of sp³-hybridized carbons (Fsp3) is 0.364. The minimum Gasteiger partial charge on any atom is -0.474 e. The second-order valence-corrected chi connectivity index (χ2v) is 33.2. The highest BCUT2D eigenvalue weighted by Gasteiger charge is 2.52. The van der Waals surface area contributed by atoms with Crippen molar-refractivity contribution < 1.29 is 48.7 Å². The van der Waals surface area contributed by atoms with Crippen LogP contribution in [0, 0.1) is 20.8 Å². The van der Waals surface area contributed by atoms with Gasteiger partial charge in [-0.25, -0.2) is 54.8 Å². The first-order chi connectivity index (χ1) is 57.3. The fourth-order valence-electron chi connectivity index (χ4n) is 16.9. The van der Waals surface area contributed by atoms with Crippen molar-refractivity contribution in [3.05, 3.63) is 196 Å². The van der Waals surface area contributed by atoms with Crippen LogP contribution in [0.4, 0.5) is 0 Å². The van der Waals surface area contributed by atoms with E-state index in [1.54, 1.807) is 24.8 Å². The maximum absolute atomic E-state index is 9.02. The van der Waals surface area contributed by atoms with Gasteiger partial charge in [0.05, 0.1) is 135 Å². The van der Waals surface area contributed by atoms with Crippen molar-refractivity contribution >= 4 is 88.6 Å². The molecule has 7 aliphatic rings. The monoisotopic (exact) mass is 1710 g/mol. The van der Waals surface area contributed by atoms with Crippen LogP contribution >= 0.6 is 31.9 Å². The van der Waals surface area contributed by atoms with Crippen LogP contribution in [0.15, 0.2) is 161 Å². The zero-order valence-electron chi connectivity index (χ0n) is 66.6. The number of aryl methyl sites for hydroxylation is 3. The van der Waals surface area contributed by atoms with E-state index in [1.807, 2.05) is 152 Å². The molecule has 118 heavy (non-hydrogen) atoms. The number of aliphatic hydroxyl groups is 4. The van der Waals surface area contributed by atoms with Crippen molar-refractivity contribution in [3.8, 4) is 80.2 Å². The van der Waals surface area contributed by atoms with E-state index in [0.29, 0.717) is 64.9 Å². The molecule has 21 rings (SSSR count). The Kier molecular flexibility index (Phi) is 23.0. The number of fused-ring (bicyclic) bond motifs is 19. The molecule has 0 radical (unpaired) electrons. The Morgan fingerprint density at radius 3 is 1.13 bits per heavy atom. The van der Waals surface area contributed by atoms with Gasteiger partial charge in [0, 0.05) is 68.6 Å². The van der Waals surface area contributed by atoms with E-state index in [2.05, 4.69) is 115 Å². The fourth-order valence-corrected chi connectivity index (χ4v) is 18.0. The summed E-state index contributed by atoms with van der Waals surface area (Å²) in [6, 6.07) is 43.6. The molecule has 3 aliphatic carbocycles. The van der Waals surface area contributed by atoms with Gasteiger partial charge < -0.3 is 62.4 Å². The van der Waals surface area contributed by atoms with E-state index in [4.69, 9.17) is 73.6 Å². The Labute approximate surface area is 698 Å². The van der Waals surface area contributed by atoms with E-state index >= 15 is 0 Å². The van der Waals surface area contributed by atoms with Gasteiger partial charge >= 0.3 is 7.12 Å². The van der Waals surface area contributed by atoms with E-state index in [0.717, 1.165) is 127 Å². The molecule has 3 saturated carbocycles. The Bertz CT molecular complexity index is 5850. The van der Waals surface area contributed by atoms with Crippen molar-refractivity contribution in [2.24, 2.45) is 0 Å². The minimum atomic E-state index is -0.437. The highest BCUT2D eigenvalue weighted by atomic mass is 79.9. The lowest BCUT2D eigenvalue weighted by molar-refractivity contribution is 0.00578. The number of rotatable bonds is 18. The molecule has 6 unspecified atom stereocenters. The standard InChI is InChI=1S/2C24H23N5O2.C16H21BN2O4.C14H14BrN3.C10H9BrN2O2/c2*1-14-3-2-4-19(26-14)22-23(29-17-7-5-16(11-17)24(29)28-22)15-6-8-18-20(12-15)27-21(13-25-18)31-10-9-30;1-15(2)16(3,4)23-17(22-15)11-5-6-12-13(9-11)19-14(10-18-12)21-8-7-20;1-8-3-2-4-11(16-8)12-13(15)18-10-6-5-9(7-10)14(18)17-12;11-7-1-2-8-9(5-7)13-10(6-12-8)15-4-3-14/h2*2-4,6,8,12-13,16-17,30H,5,7,9-11H2,1H3;5-6,9-10,20H,7-8H2,1-4H3;2-4,9-10H,5-7H2,1H3;1-2,5-6,14H,3-4H2. The highest BCUT2D eigenvalue weighted by molar-refractivity contribution is 9.10. The van der Waals surface area contributed by atoms with Crippen LogP contribution in [-0.2, 0) is 9.31 Å². The number of hydrogen-bond acceptors (Lipinski definition) is 24. The van der Waals surface area contributed by atoms with Gasteiger partial charge in [-0.2, -0.15) is 0 Å². The van der Waals surface area contributed by atoms with Gasteiger partial charge in [-0.3, -0.25) is 15.0 Å². The average molecular weight is 1720 g/mol. The Morgan fingerprint density at radius 2 is 0.737 bits per heavy atom. The van der Waals surface area contributed by atoms with Gasteiger partial charge in [0.25, 0.3) is 0 Å². The molecule has 604 valence electrons. The molecule has 6 atom stereocenters. The van der Waals surface area contributed by atoms with Crippen molar-refractivity contribution in [2.45, 2.75) is 153 Å². The third-order valence-corrected chi connectivity index (χ3v) is 24.3. The number of ether oxygens (including phenoxy) is 4. The quantitative estimate of drug-likeness (QED) is 0.0580. The predicted octanol–water partition coefficient (Wildman–Crippen LogP) is 15.0. The lowest BCUT2D eigenvalue weighted by atomic mass is 9.79. The molecule has 4 N–H and O–H groups in total. The third-order valence-electron chi connectivity index (χ3n) is 23.1. The number of aliphatic hydroxyl groups excluding tert-OH is 4. The van der Waals surface area contributed by atoms with Gasteiger partial charge in [0.2, 0.25) is 23.5 Å². The van der Waals surface area contributed by atoms with Gasteiger partial charge in [0.1, 0.15) is 65.6 Å². The topological polar surface area (TPSA) is 332 Å². The Morgan fingerprint density at radius 1 is 0.390 bits per heavy atom. The van der Waals surface area contributed by atoms with Crippen molar-refractivity contribution in [3.63, 3.8) is 0 Å². The van der Waals surface area contributed by atoms with Crippen LogP contribution in [0.5, 0.6) is 23.5 Å². The molecule has 30 heteroatoms. The highest BCUT2D eigenvalue weighted by Crippen LogP contribution is 2.55. The SMILES string of the molecule is CC1(C)OB(c2ccc3ncc(OCCO)nc3c2)OC1(C)C.Cc1cccc(-c2nc3n(c2-c2ccc4ncc(OCCO)nc4c2)C2CCC3C2)n1.Cc1cccc(-c2nc3n(c2-c2ccc4ncc(OCCO)nc4c2)C2CCC3C2)n1.Cc1cccc(-c2nc3n(c2Br)C2CCC3C2)n1.OCCOc1cnc2ccc(Br)cc2n1. The van der Waals surface area contributed by atoms with Gasteiger partial charge in [-0.15, -0.1) is 0 Å². The predicted molar refractivity (Wildman–Crippen MR) is 455 cm³/mol. The van der Waals surface area contributed by atoms with Crippen LogP contribution < -0.4 is 24.4 Å². The number of halogens is 2. The number of nitrogens with zero attached hydrogens (tertiary/aromatic N) is 17. The van der Waals surface area contributed by atoms with Crippen molar-refractivity contribution in [1.29, 1.82) is 0 Å². The number of pyridine rings is 3. The maximum Gasteiger partial charge on any atom is 0.494 e. The number of hydrogen-bond donors (Lipinski definition) is 4. The van der Waals surface area contributed by atoms with Gasteiger partial charge in [0.15, 0.2) is 0 Å². The zero-order valence-corrected chi connectivity index (χ0v) is 69.8. The van der Waals surface area contributed by atoms with Crippen molar-refractivity contribution in [1.82, 2.24) is 83.5 Å². The Hall–Kier alpha value is -10.7. The maximum atomic E-state index is 9.02.